The number of nitrogen functional groups attached to an aromatic ring is 1. The van der Waals surface area contributed by atoms with Crippen LogP contribution in [0.2, 0.25) is 0 Å². The number of aryl methyl sites for hydroxylation is 1. The molecule has 3 nitrogen and oxygen atoms in total. The summed E-state index contributed by atoms with van der Waals surface area (Å²) < 4.78 is 10.5. The molecule has 0 unspecified atom stereocenters. The van der Waals surface area contributed by atoms with Gasteiger partial charge in [0.25, 0.3) is 0 Å². The number of hydrogen-bond acceptors (Lipinski definition) is 4. The molecule has 0 saturated carbocycles. The first-order valence-electron chi connectivity index (χ1n) is 5.90. The summed E-state index contributed by atoms with van der Waals surface area (Å²) in [5.74, 6) is 1.33. The van der Waals surface area contributed by atoms with E-state index >= 15 is 0 Å². The molecule has 2 rings (SSSR count). The number of hydrogen-bond donors (Lipinski definition) is 1. The number of benzene rings is 2. The summed E-state index contributed by atoms with van der Waals surface area (Å²) in [4.78, 5) is 2.11. The Balaban J connectivity index is 2.35. The van der Waals surface area contributed by atoms with Gasteiger partial charge in [-0.05, 0) is 25.1 Å². The van der Waals surface area contributed by atoms with Gasteiger partial charge < -0.3 is 15.2 Å². The van der Waals surface area contributed by atoms with Crippen molar-refractivity contribution in [3.05, 3.63) is 42.0 Å². The SMILES string of the molecule is COc1cc(N)c(Sc2cccc(C)c2)cc1OC. The average Bonchev–Trinajstić information content (AvgIpc) is 2.40. The molecule has 4 heteroatoms. The normalized spacial score (nSPS) is 10.3. The lowest BCUT2D eigenvalue weighted by atomic mass is 10.2. The van der Waals surface area contributed by atoms with Gasteiger partial charge in [-0.25, -0.2) is 0 Å². The van der Waals surface area contributed by atoms with Gasteiger partial charge in [-0.2, -0.15) is 0 Å². The minimum atomic E-state index is 0.647. The van der Waals surface area contributed by atoms with Crippen molar-refractivity contribution < 1.29 is 9.47 Å². The van der Waals surface area contributed by atoms with E-state index in [1.165, 1.54) is 5.56 Å². The maximum atomic E-state index is 6.05. The van der Waals surface area contributed by atoms with E-state index in [-0.39, 0.29) is 0 Å². The van der Waals surface area contributed by atoms with E-state index in [4.69, 9.17) is 15.2 Å². The lowest BCUT2D eigenvalue weighted by molar-refractivity contribution is 0.354. The van der Waals surface area contributed by atoms with Crippen LogP contribution in [0.1, 0.15) is 5.56 Å². The fraction of sp³-hybridized carbons (Fsp3) is 0.200. The van der Waals surface area contributed by atoms with Crippen molar-refractivity contribution in [2.45, 2.75) is 16.7 Å². The second kappa shape index (κ2) is 5.89. The second-order valence-corrected chi connectivity index (χ2v) is 5.28. The van der Waals surface area contributed by atoms with Crippen LogP contribution in [-0.2, 0) is 0 Å². The standard InChI is InChI=1S/C15H17NO2S/c1-10-5-4-6-11(7-10)19-15-9-14(18-3)13(17-2)8-12(15)16/h4-9H,16H2,1-3H3. The van der Waals surface area contributed by atoms with Gasteiger partial charge in [0.2, 0.25) is 0 Å². The highest BCUT2D eigenvalue weighted by Gasteiger charge is 2.10. The van der Waals surface area contributed by atoms with E-state index < -0.39 is 0 Å². The molecule has 0 amide bonds. The van der Waals surface area contributed by atoms with Gasteiger partial charge in [0.15, 0.2) is 11.5 Å². The molecule has 2 N–H and O–H groups in total. The van der Waals surface area contributed by atoms with E-state index in [2.05, 4.69) is 25.1 Å². The Morgan fingerprint density at radius 2 is 1.68 bits per heavy atom. The molecule has 19 heavy (non-hydrogen) atoms. The highest BCUT2D eigenvalue weighted by molar-refractivity contribution is 7.99. The number of nitrogens with two attached hydrogens (primary N) is 1. The first kappa shape index (κ1) is 13.6. The van der Waals surface area contributed by atoms with Crippen molar-refractivity contribution in [3.63, 3.8) is 0 Å². The predicted octanol–water partition coefficient (Wildman–Crippen LogP) is 3.75. The first-order valence-corrected chi connectivity index (χ1v) is 6.71. The Labute approximate surface area is 117 Å². The molecule has 2 aromatic rings. The Kier molecular flexibility index (Phi) is 4.22. The fourth-order valence-electron chi connectivity index (χ4n) is 1.77. The molecule has 0 bridgehead atoms. The molecular formula is C15H17NO2S. The molecule has 0 aliphatic carbocycles. The highest BCUT2D eigenvalue weighted by atomic mass is 32.2. The molecule has 0 radical (unpaired) electrons. The van der Waals surface area contributed by atoms with Crippen molar-refractivity contribution in [3.8, 4) is 11.5 Å². The molecule has 0 atom stereocenters. The van der Waals surface area contributed by atoms with Crippen LogP contribution < -0.4 is 15.2 Å². The van der Waals surface area contributed by atoms with Crippen LogP contribution in [0.4, 0.5) is 5.69 Å². The minimum Gasteiger partial charge on any atom is -0.493 e. The van der Waals surface area contributed by atoms with E-state index in [0.29, 0.717) is 17.2 Å². The number of methoxy groups -OCH3 is 2. The van der Waals surface area contributed by atoms with E-state index in [1.807, 2.05) is 12.1 Å². The third-order valence-corrected chi connectivity index (χ3v) is 3.80. The van der Waals surface area contributed by atoms with Gasteiger partial charge >= 0.3 is 0 Å². The van der Waals surface area contributed by atoms with Crippen molar-refractivity contribution in [1.29, 1.82) is 0 Å². The Hall–Kier alpha value is -1.81. The molecule has 0 fully saturated rings. The molecule has 0 saturated heterocycles. The highest BCUT2D eigenvalue weighted by Crippen LogP contribution is 2.39. The van der Waals surface area contributed by atoms with Crippen molar-refractivity contribution in [2.75, 3.05) is 20.0 Å². The van der Waals surface area contributed by atoms with Crippen molar-refractivity contribution in [1.82, 2.24) is 0 Å². The third-order valence-electron chi connectivity index (χ3n) is 2.73. The molecule has 0 heterocycles. The first-order chi connectivity index (χ1) is 9.13. The van der Waals surface area contributed by atoms with Crippen LogP contribution in [0, 0.1) is 6.92 Å². The minimum absolute atomic E-state index is 0.647. The summed E-state index contributed by atoms with van der Waals surface area (Å²) in [7, 11) is 3.22. The van der Waals surface area contributed by atoms with Crippen molar-refractivity contribution in [2.24, 2.45) is 0 Å². The lowest BCUT2D eigenvalue weighted by Crippen LogP contribution is -1.95. The predicted molar refractivity (Wildman–Crippen MR) is 79.3 cm³/mol. The van der Waals surface area contributed by atoms with E-state index in [0.717, 1.165) is 9.79 Å². The lowest BCUT2D eigenvalue weighted by Gasteiger charge is -2.12. The van der Waals surface area contributed by atoms with Gasteiger partial charge in [0.1, 0.15) is 0 Å². The quantitative estimate of drug-likeness (QED) is 0.863. The Morgan fingerprint density at radius 1 is 1.00 bits per heavy atom. The Morgan fingerprint density at radius 3 is 2.32 bits per heavy atom. The maximum Gasteiger partial charge on any atom is 0.162 e. The summed E-state index contributed by atoms with van der Waals surface area (Å²) in [6.45, 7) is 2.07. The number of anilines is 1. The summed E-state index contributed by atoms with van der Waals surface area (Å²) in [5.41, 5.74) is 7.96. The monoisotopic (exact) mass is 275 g/mol. The van der Waals surface area contributed by atoms with Gasteiger partial charge in [0, 0.05) is 21.5 Å². The molecular weight excluding hydrogens is 258 g/mol. The summed E-state index contributed by atoms with van der Waals surface area (Å²) in [5, 5.41) is 0. The topological polar surface area (TPSA) is 44.5 Å². The third kappa shape index (κ3) is 3.15. The zero-order valence-electron chi connectivity index (χ0n) is 11.3. The molecule has 0 aliphatic heterocycles. The van der Waals surface area contributed by atoms with Gasteiger partial charge in [-0.15, -0.1) is 0 Å². The molecule has 0 aromatic heterocycles. The van der Waals surface area contributed by atoms with Crippen LogP contribution in [0.15, 0.2) is 46.2 Å². The van der Waals surface area contributed by atoms with Crippen LogP contribution in [0.5, 0.6) is 11.5 Å². The molecule has 0 aliphatic rings. The fourth-order valence-corrected chi connectivity index (χ4v) is 2.76. The molecule has 2 aromatic carbocycles. The van der Waals surface area contributed by atoms with Crippen LogP contribution in [-0.4, -0.2) is 14.2 Å². The molecule has 100 valence electrons. The van der Waals surface area contributed by atoms with Gasteiger partial charge in [0.05, 0.1) is 14.2 Å². The van der Waals surface area contributed by atoms with Crippen molar-refractivity contribution >= 4 is 17.4 Å². The average molecular weight is 275 g/mol. The number of rotatable bonds is 4. The molecule has 0 spiro atoms. The maximum absolute atomic E-state index is 6.05. The van der Waals surface area contributed by atoms with E-state index in [1.54, 1.807) is 32.0 Å². The van der Waals surface area contributed by atoms with Crippen LogP contribution >= 0.6 is 11.8 Å². The summed E-state index contributed by atoms with van der Waals surface area (Å²) in [6.07, 6.45) is 0. The van der Waals surface area contributed by atoms with Gasteiger partial charge in [-0.1, -0.05) is 29.5 Å². The summed E-state index contributed by atoms with van der Waals surface area (Å²) in [6, 6.07) is 12.0. The zero-order chi connectivity index (χ0) is 13.8. The largest absolute Gasteiger partial charge is 0.493 e. The second-order valence-electron chi connectivity index (χ2n) is 4.16. The van der Waals surface area contributed by atoms with Crippen LogP contribution in [0.3, 0.4) is 0 Å². The summed E-state index contributed by atoms with van der Waals surface area (Å²) >= 11 is 1.62. The zero-order valence-corrected chi connectivity index (χ0v) is 12.1. The van der Waals surface area contributed by atoms with Crippen LogP contribution in [0.25, 0.3) is 0 Å². The number of ether oxygens (including phenoxy) is 2. The Bertz CT molecular complexity index is 584. The van der Waals surface area contributed by atoms with E-state index in [9.17, 15) is 0 Å². The van der Waals surface area contributed by atoms with Gasteiger partial charge in [-0.3, -0.25) is 0 Å². The smallest absolute Gasteiger partial charge is 0.162 e.